The molecule has 0 aliphatic heterocycles. The fourth-order valence-electron chi connectivity index (χ4n) is 1.64. The molecular formula is C12H12FN5. The Morgan fingerprint density at radius 2 is 2.11 bits per heavy atom. The summed E-state index contributed by atoms with van der Waals surface area (Å²) in [4.78, 5) is 0. The molecule has 5 nitrogen and oxygen atoms in total. The largest absolute Gasteiger partial charge is 0.383 e. The van der Waals surface area contributed by atoms with Gasteiger partial charge in [-0.2, -0.15) is 10.4 Å². The number of hydrogen-bond donors (Lipinski definition) is 2. The lowest BCUT2D eigenvalue weighted by Gasteiger charge is -2.03. The molecule has 92 valence electrons. The zero-order chi connectivity index (χ0) is 13.1. The predicted octanol–water partition coefficient (Wildman–Crippen LogP) is 1.57. The molecule has 2 aromatic rings. The van der Waals surface area contributed by atoms with E-state index in [1.54, 1.807) is 19.2 Å². The fraction of sp³-hybridized carbons (Fsp3) is 0.167. The van der Waals surface area contributed by atoms with E-state index in [0.29, 0.717) is 23.7 Å². The van der Waals surface area contributed by atoms with E-state index in [0.717, 1.165) is 5.56 Å². The molecule has 6 heteroatoms. The zero-order valence-electron chi connectivity index (χ0n) is 9.81. The smallest absolute Gasteiger partial charge is 0.168 e. The van der Waals surface area contributed by atoms with Crippen LogP contribution in [0.2, 0.25) is 0 Å². The van der Waals surface area contributed by atoms with Crippen LogP contribution in [0.15, 0.2) is 24.3 Å². The van der Waals surface area contributed by atoms with Crippen molar-refractivity contribution >= 4 is 11.6 Å². The molecule has 18 heavy (non-hydrogen) atoms. The summed E-state index contributed by atoms with van der Waals surface area (Å²) in [5.41, 5.74) is 7.01. The summed E-state index contributed by atoms with van der Waals surface area (Å²) in [5, 5.41) is 16.0. The number of nitrogens with two attached hydrogens (primary N) is 1. The maximum Gasteiger partial charge on any atom is 0.168 e. The van der Waals surface area contributed by atoms with Gasteiger partial charge in [0.05, 0.1) is 6.54 Å². The molecule has 2 rings (SSSR count). The molecule has 0 aliphatic rings. The summed E-state index contributed by atoms with van der Waals surface area (Å²) >= 11 is 0. The summed E-state index contributed by atoms with van der Waals surface area (Å²) in [7, 11) is 1.67. The number of benzene rings is 1. The molecule has 1 aromatic carbocycles. The van der Waals surface area contributed by atoms with Crippen LogP contribution in [0.4, 0.5) is 16.0 Å². The summed E-state index contributed by atoms with van der Waals surface area (Å²) in [6, 6.07) is 8.06. The molecule has 1 heterocycles. The molecule has 0 unspecified atom stereocenters. The summed E-state index contributed by atoms with van der Waals surface area (Å²) in [6.07, 6.45) is 0. The second-order valence-corrected chi connectivity index (χ2v) is 3.75. The van der Waals surface area contributed by atoms with Crippen molar-refractivity contribution in [2.45, 2.75) is 6.54 Å². The Kier molecular flexibility index (Phi) is 3.15. The Morgan fingerprint density at radius 1 is 1.44 bits per heavy atom. The van der Waals surface area contributed by atoms with Gasteiger partial charge in [0.1, 0.15) is 23.3 Å². The van der Waals surface area contributed by atoms with E-state index in [1.807, 2.05) is 6.07 Å². The predicted molar refractivity (Wildman–Crippen MR) is 66.4 cm³/mol. The maximum absolute atomic E-state index is 12.8. The number of nitrogens with zero attached hydrogens (tertiary/aromatic N) is 3. The van der Waals surface area contributed by atoms with Crippen LogP contribution in [0, 0.1) is 17.1 Å². The first-order valence-corrected chi connectivity index (χ1v) is 5.34. The highest BCUT2D eigenvalue weighted by molar-refractivity contribution is 5.63. The normalized spacial score (nSPS) is 10.1. The minimum Gasteiger partial charge on any atom is -0.383 e. The Bertz CT molecular complexity index is 594. The van der Waals surface area contributed by atoms with Gasteiger partial charge in [-0.1, -0.05) is 12.1 Å². The second kappa shape index (κ2) is 4.75. The topological polar surface area (TPSA) is 79.7 Å². The number of nitrogen functional groups attached to an aromatic ring is 1. The number of rotatable bonds is 3. The molecule has 0 aliphatic carbocycles. The third-order valence-corrected chi connectivity index (χ3v) is 2.59. The molecule has 0 atom stereocenters. The Balaban J connectivity index is 2.32. The minimum atomic E-state index is -0.291. The van der Waals surface area contributed by atoms with Crippen molar-refractivity contribution in [1.29, 1.82) is 5.26 Å². The van der Waals surface area contributed by atoms with E-state index >= 15 is 0 Å². The molecule has 0 fully saturated rings. The number of aromatic nitrogens is 2. The van der Waals surface area contributed by atoms with E-state index in [9.17, 15) is 4.39 Å². The van der Waals surface area contributed by atoms with Crippen molar-refractivity contribution in [3.63, 3.8) is 0 Å². The zero-order valence-corrected chi connectivity index (χ0v) is 9.81. The van der Waals surface area contributed by atoms with Crippen LogP contribution >= 0.6 is 0 Å². The molecule has 1 aromatic heterocycles. The second-order valence-electron chi connectivity index (χ2n) is 3.75. The highest BCUT2D eigenvalue weighted by Gasteiger charge is 2.14. The van der Waals surface area contributed by atoms with Crippen LogP contribution in [-0.2, 0) is 6.54 Å². The van der Waals surface area contributed by atoms with Gasteiger partial charge in [-0.25, -0.2) is 9.07 Å². The lowest BCUT2D eigenvalue weighted by Crippen LogP contribution is -2.06. The molecule has 0 spiro atoms. The Labute approximate surface area is 104 Å². The first-order chi connectivity index (χ1) is 8.65. The lowest BCUT2D eigenvalue weighted by atomic mass is 10.2. The Morgan fingerprint density at radius 3 is 2.61 bits per heavy atom. The molecule has 0 radical (unpaired) electrons. The van der Waals surface area contributed by atoms with Gasteiger partial charge in [-0.3, -0.25) is 0 Å². The minimum absolute atomic E-state index is 0.291. The monoisotopic (exact) mass is 245 g/mol. The van der Waals surface area contributed by atoms with Crippen molar-refractivity contribution in [1.82, 2.24) is 9.78 Å². The van der Waals surface area contributed by atoms with Crippen molar-refractivity contribution in [3.8, 4) is 6.07 Å². The third-order valence-electron chi connectivity index (χ3n) is 2.59. The van der Waals surface area contributed by atoms with Crippen LogP contribution in [-0.4, -0.2) is 16.8 Å². The van der Waals surface area contributed by atoms with Crippen LogP contribution in [0.25, 0.3) is 0 Å². The van der Waals surface area contributed by atoms with E-state index in [2.05, 4.69) is 10.4 Å². The third kappa shape index (κ3) is 2.11. The van der Waals surface area contributed by atoms with Gasteiger partial charge in [0.15, 0.2) is 5.82 Å². The first-order valence-electron chi connectivity index (χ1n) is 5.34. The van der Waals surface area contributed by atoms with E-state index < -0.39 is 0 Å². The molecular weight excluding hydrogens is 233 g/mol. The lowest BCUT2D eigenvalue weighted by molar-refractivity contribution is 0.625. The molecule has 0 amide bonds. The SMILES string of the molecule is CNc1nn(Cc2ccc(F)cc2)c(N)c1C#N. The number of nitriles is 1. The van der Waals surface area contributed by atoms with Gasteiger partial charge in [0.2, 0.25) is 0 Å². The van der Waals surface area contributed by atoms with Gasteiger partial charge in [0.25, 0.3) is 0 Å². The highest BCUT2D eigenvalue weighted by atomic mass is 19.1. The average molecular weight is 245 g/mol. The first kappa shape index (κ1) is 11.9. The average Bonchev–Trinajstić information content (AvgIpc) is 2.68. The van der Waals surface area contributed by atoms with E-state index in [-0.39, 0.29) is 5.82 Å². The van der Waals surface area contributed by atoms with Gasteiger partial charge >= 0.3 is 0 Å². The highest BCUT2D eigenvalue weighted by Crippen LogP contribution is 2.21. The van der Waals surface area contributed by atoms with Crippen LogP contribution in [0.1, 0.15) is 11.1 Å². The summed E-state index contributed by atoms with van der Waals surface area (Å²) in [6.45, 7) is 0.391. The molecule has 0 bridgehead atoms. The number of hydrogen-bond acceptors (Lipinski definition) is 4. The molecule has 0 saturated heterocycles. The molecule has 3 N–H and O–H groups in total. The number of nitrogens with one attached hydrogen (secondary N) is 1. The summed E-state index contributed by atoms with van der Waals surface area (Å²) < 4.78 is 14.3. The van der Waals surface area contributed by atoms with Crippen molar-refractivity contribution in [2.24, 2.45) is 0 Å². The maximum atomic E-state index is 12.8. The van der Waals surface area contributed by atoms with Gasteiger partial charge in [-0.05, 0) is 17.7 Å². The van der Waals surface area contributed by atoms with Crippen molar-refractivity contribution in [3.05, 3.63) is 41.2 Å². The standard InChI is InChI=1S/C12H12FN5/c1-16-12-10(6-14)11(15)18(17-12)7-8-2-4-9(13)5-3-8/h2-5H,7,15H2,1H3,(H,16,17). The quantitative estimate of drug-likeness (QED) is 0.860. The number of anilines is 2. The van der Waals surface area contributed by atoms with Crippen LogP contribution in [0.5, 0.6) is 0 Å². The fourth-order valence-corrected chi connectivity index (χ4v) is 1.64. The Hall–Kier alpha value is -2.55. The van der Waals surface area contributed by atoms with Crippen LogP contribution < -0.4 is 11.1 Å². The van der Waals surface area contributed by atoms with E-state index in [1.165, 1.54) is 16.8 Å². The molecule has 0 saturated carbocycles. The van der Waals surface area contributed by atoms with Crippen molar-refractivity contribution in [2.75, 3.05) is 18.1 Å². The van der Waals surface area contributed by atoms with E-state index in [4.69, 9.17) is 11.0 Å². The van der Waals surface area contributed by atoms with Crippen LogP contribution in [0.3, 0.4) is 0 Å². The van der Waals surface area contributed by atoms with Crippen molar-refractivity contribution < 1.29 is 4.39 Å². The van der Waals surface area contributed by atoms with Gasteiger partial charge in [-0.15, -0.1) is 0 Å². The summed E-state index contributed by atoms with van der Waals surface area (Å²) in [5.74, 6) is 0.448. The number of halogens is 1. The van der Waals surface area contributed by atoms with Gasteiger partial charge in [0, 0.05) is 7.05 Å². The van der Waals surface area contributed by atoms with Gasteiger partial charge < -0.3 is 11.1 Å².